The molecular weight excluding hydrogens is 174 g/mol. The Hall–Kier alpha value is -1.70. The van der Waals surface area contributed by atoms with E-state index < -0.39 is 0 Å². The van der Waals surface area contributed by atoms with Gasteiger partial charge in [-0.25, -0.2) is 0 Å². The maximum atomic E-state index is 10.6. The summed E-state index contributed by atoms with van der Waals surface area (Å²) in [5, 5.41) is 3.03. The molecule has 1 aliphatic carbocycles. The van der Waals surface area contributed by atoms with E-state index in [1.807, 2.05) is 30.4 Å². The highest BCUT2D eigenvalue weighted by Crippen LogP contribution is 2.30. The van der Waals surface area contributed by atoms with Crippen LogP contribution in [0.5, 0.6) is 0 Å². The largest absolute Gasteiger partial charge is 0.145 e. The molecule has 0 atom stereocenters. The Balaban J connectivity index is 2.44. The molecule has 0 fully saturated rings. The van der Waals surface area contributed by atoms with Crippen LogP contribution in [0, 0.1) is 4.91 Å². The predicted molar refractivity (Wildman–Crippen MR) is 58.2 cm³/mol. The number of benzene rings is 1. The molecule has 1 aromatic carbocycles. The van der Waals surface area contributed by atoms with Gasteiger partial charge in [-0.1, -0.05) is 36.4 Å². The maximum Gasteiger partial charge on any atom is 0.115 e. The highest BCUT2D eigenvalue weighted by Gasteiger charge is 2.07. The normalized spacial score (nSPS) is 15.0. The van der Waals surface area contributed by atoms with Gasteiger partial charge in [0.15, 0.2) is 0 Å². The van der Waals surface area contributed by atoms with Gasteiger partial charge in [-0.3, -0.25) is 0 Å². The van der Waals surface area contributed by atoms with E-state index in [4.69, 9.17) is 0 Å². The molecule has 0 amide bonds. The van der Waals surface area contributed by atoms with E-state index in [1.54, 1.807) is 6.07 Å². The summed E-state index contributed by atoms with van der Waals surface area (Å²) in [6, 6.07) is 7.46. The summed E-state index contributed by atoms with van der Waals surface area (Å²) < 4.78 is 0. The minimum Gasteiger partial charge on any atom is -0.145 e. The minimum atomic E-state index is 0.536. The number of nitrogens with zero attached hydrogens (tertiary/aromatic N) is 1. The summed E-state index contributed by atoms with van der Waals surface area (Å²) in [6.45, 7) is 0. The van der Waals surface area contributed by atoms with Crippen LogP contribution in [-0.4, -0.2) is 0 Å². The lowest BCUT2D eigenvalue weighted by atomic mass is 9.96. The molecule has 0 N–H and O–H groups in total. The SMILES string of the molecule is O=Nc1ccccc1C1=CC=CCC1. The standard InChI is InChI=1S/C12H11NO/c14-13-12-9-5-4-8-11(12)10-6-2-1-3-7-10/h1-2,4-6,8-9H,3,7H2. The van der Waals surface area contributed by atoms with Gasteiger partial charge in [0.2, 0.25) is 0 Å². The molecule has 2 rings (SSSR count). The third kappa shape index (κ3) is 1.64. The molecule has 0 heterocycles. The minimum absolute atomic E-state index is 0.536. The van der Waals surface area contributed by atoms with Crippen LogP contribution in [0.1, 0.15) is 18.4 Å². The van der Waals surface area contributed by atoms with E-state index in [1.165, 1.54) is 5.57 Å². The fourth-order valence-electron chi connectivity index (χ4n) is 1.65. The summed E-state index contributed by atoms with van der Waals surface area (Å²) >= 11 is 0. The van der Waals surface area contributed by atoms with Crippen LogP contribution in [0.25, 0.3) is 5.57 Å². The van der Waals surface area contributed by atoms with Crippen LogP contribution in [-0.2, 0) is 0 Å². The molecule has 0 spiro atoms. The number of allylic oxidation sites excluding steroid dienone is 4. The number of hydrogen-bond acceptors (Lipinski definition) is 2. The lowest BCUT2D eigenvalue weighted by Gasteiger charge is -2.09. The summed E-state index contributed by atoms with van der Waals surface area (Å²) in [6.07, 6.45) is 8.23. The van der Waals surface area contributed by atoms with Gasteiger partial charge in [-0.15, -0.1) is 4.91 Å². The second kappa shape index (κ2) is 4.01. The highest BCUT2D eigenvalue weighted by atomic mass is 16.3. The van der Waals surface area contributed by atoms with Crippen LogP contribution in [0.4, 0.5) is 5.69 Å². The molecule has 0 saturated carbocycles. The van der Waals surface area contributed by atoms with Gasteiger partial charge < -0.3 is 0 Å². The van der Waals surface area contributed by atoms with E-state index in [-0.39, 0.29) is 0 Å². The average molecular weight is 185 g/mol. The zero-order chi connectivity index (χ0) is 9.80. The fraction of sp³-hybridized carbons (Fsp3) is 0.167. The molecule has 0 bridgehead atoms. The Morgan fingerprint density at radius 2 is 2.07 bits per heavy atom. The fourth-order valence-corrected chi connectivity index (χ4v) is 1.65. The van der Waals surface area contributed by atoms with Crippen molar-refractivity contribution in [2.24, 2.45) is 5.18 Å². The zero-order valence-corrected chi connectivity index (χ0v) is 7.81. The third-order valence-corrected chi connectivity index (χ3v) is 2.36. The number of nitroso groups, excluding NO2 is 1. The van der Waals surface area contributed by atoms with Crippen molar-refractivity contribution >= 4 is 11.3 Å². The smallest absolute Gasteiger partial charge is 0.115 e. The molecule has 70 valence electrons. The van der Waals surface area contributed by atoms with Crippen LogP contribution in [0.15, 0.2) is 47.7 Å². The lowest BCUT2D eigenvalue weighted by molar-refractivity contribution is 1.05. The molecule has 14 heavy (non-hydrogen) atoms. The summed E-state index contributed by atoms with van der Waals surface area (Å²) in [5.41, 5.74) is 2.70. The van der Waals surface area contributed by atoms with Crippen molar-refractivity contribution in [1.82, 2.24) is 0 Å². The predicted octanol–water partition coefficient (Wildman–Crippen LogP) is 3.82. The van der Waals surface area contributed by atoms with E-state index in [0.29, 0.717) is 5.69 Å². The van der Waals surface area contributed by atoms with Crippen molar-refractivity contribution in [2.45, 2.75) is 12.8 Å². The van der Waals surface area contributed by atoms with Gasteiger partial charge in [0, 0.05) is 5.56 Å². The van der Waals surface area contributed by atoms with E-state index in [0.717, 1.165) is 18.4 Å². The second-order valence-electron chi connectivity index (χ2n) is 3.27. The monoisotopic (exact) mass is 185 g/mol. The Morgan fingerprint density at radius 1 is 1.21 bits per heavy atom. The van der Waals surface area contributed by atoms with Gasteiger partial charge in [0.05, 0.1) is 0 Å². The van der Waals surface area contributed by atoms with Gasteiger partial charge in [0.1, 0.15) is 5.69 Å². The summed E-state index contributed by atoms with van der Waals surface area (Å²) in [4.78, 5) is 10.6. The van der Waals surface area contributed by atoms with E-state index in [9.17, 15) is 4.91 Å². The van der Waals surface area contributed by atoms with Crippen molar-refractivity contribution in [3.63, 3.8) is 0 Å². The lowest BCUT2D eigenvalue weighted by Crippen LogP contribution is -1.87. The molecule has 1 aliphatic rings. The van der Waals surface area contributed by atoms with Crippen molar-refractivity contribution in [3.05, 3.63) is 53.0 Å². The van der Waals surface area contributed by atoms with E-state index in [2.05, 4.69) is 11.3 Å². The molecule has 0 aromatic heterocycles. The average Bonchev–Trinajstić information content (AvgIpc) is 2.30. The Labute approximate surface area is 82.9 Å². The highest BCUT2D eigenvalue weighted by molar-refractivity contribution is 5.76. The Morgan fingerprint density at radius 3 is 2.79 bits per heavy atom. The zero-order valence-electron chi connectivity index (χ0n) is 7.81. The molecule has 0 saturated heterocycles. The molecule has 2 nitrogen and oxygen atoms in total. The summed E-state index contributed by atoms with van der Waals surface area (Å²) in [7, 11) is 0. The molecule has 0 unspecified atom stereocenters. The second-order valence-corrected chi connectivity index (χ2v) is 3.27. The van der Waals surface area contributed by atoms with Gasteiger partial charge in [0.25, 0.3) is 0 Å². The molecule has 2 heteroatoms. The van der Waals surface area contributed by atoms with Crippen LogP contribution in [0.2, 0.25) is 0 Å². The van der Waals surface area contributed by atoms with Crippen LogP contribution >= 0.6 is 0 Å². The number of rotatable bonds is 2. The Kier molecular flexibility index (Phi) is 2.54. The van der Waals surface area contributed by atoms with Crippen molar-refractivity contribution in [3.8, 4) is 0 Å². The van der Waals surface area contributed by atoms with Crippen molar-refractivity contribution in [1.29, 1.82) is 0 Å². The molecule has 1 aromatic rings. The van der Waals surface area contributed by atoms with Gasteiger partial charge in [-0.05, 0) is 29.7 Å². The van der Waals surface area contributed by atoms with Gasteiger partial charge in [-0.2, -0.15) is 0 Å². The van der Waals surface area contributed by atoms with Crippen molar-refractivity contribution < 1.29 is 0 Å². The molecule has 0 radical (unpaired) electrons. The molecular formula is C12H11NO. The maximum absolute atomic E-state index is 10.6. The first-order valence-corrected chi connectivity index (χ1v) is 4.70. The van der Waals surface area contributed by atoms with Crippen LogP contribution in [0.3, 0.4) is 0 Å². The van der Waals surface area contributed by atoms with Crippen molar-refractivity contribution in [2.75, 3.05) is 0 Å². The Bertz CT molecular complexity index is 405. The first-order valence-electron chi connectivity index (χ1n) is 4.70. The number of hydrogen-bond donors (Lipinski definition) is 0. The van der Waals surface area contributed by atoms with Crippen LogP contribution < -0.4 is 0 Å². The summed E-state index contributed by atoms with van der Waals surface area (Å²) in [5.74, 6) is 0. The molecule has 0 aliphatic heterocycles. The topological polar surface area (TPSA) is 29.4 Å². The quantitative estimate of drug-likeness (QED) is 0.644. The van der Waals surface area contributed by atoms with Gasteiger partial charge >= 0.3 is 0 Å². The first kappa shape index (κ1) is 8.88. The first-order chi connectivity index (χ1) is 6.92. The third-order valence-electron chi connectivity index (χ3n) is 2.36. The van der Waals surface area contributed by atoms with E-state index >= 15 is 0 Å².